The van der Waals surface area contributed by atoms with Gasteiger partial charge < -0.3 is 10.2 Å². The number of fused-ring (bicyclic) bond motifs is 3. The standard InChI is InChI=1S/C20H21FN2O/c21-17-5-1-14(2-6-17)15-3-7-18(8-4-15)22-20(24)19-13-23-11-9-16(19)10-12-23/h1-8,16,19H,9-13H2,(H,22,24)/t19-/m0/s1. The van der Waals surface area contributed by atoms with Crippen LogP contribution >= 0.6 is 0 Å². The second-order valence-electron chi connectivity index (χ2n) is 6.82. The number of piperidine rings is 3. The smallest absolute Gasteiger partial charge is 0.229 e. The van der Waals surface area contributed by atoms with Gasteiger partial charge in [0.2, 0.25) is 5.91 Å². The van der Waals surface area contributed by atoms with Crippen LogP contribution in [0.25, 0.3) is 11.1 Å². The molecule has 0 aromatic heterocycles. The molecule has 2 aromatic rings. The van der Waals surface area contributed by atoms with Crippen molar-refractivity contribution in [2.75, 3.05) is 25.0 Å². The highest BCUT2D eigenvalue weighted by molar-refractivity contribution is 5.93. The predicted octanol–water partition coefficient (Wildman–Crippen LogP) is 3.77. The zero-order valence-corrected chi connectivity index (χ0v) is 13.5. The van der Waals surface area contributed by atoms with Crippen molar-refractivity contribution in [3.63, 3.8) is 0 Å². The molecule has 4 heteroatoms. The number of hydrogen-bond acceptors (Lipinski definition) is 2. The number of carbonyl (C=O) groups is 1. The Bertz CT molecular complexity index is 718. The van der Waals surface area contributed by atoms with Crippen LogP contribution < -0.4 is 5.32 Å². The fraction of sp³-hybridized carbons (Fsp3) is 0.350. The van der Waals surface area contributed by atoms with Crippen molar-refractivity contribution < 1.29 is 9.18 Å². The lowest BCUT2D eigenvalue weighted by atomic mass is 9.78. The first-order valence-electron chi connectivity index (χ1n) is 8.58. The molecule has 0 aliphatic carbocycles. The molecule has 3 aliphatic rings. The van der Waals surface area contributed by atoms with Crippen molar-refractivity contribution in [2.24, 2.45) is 11.8 Å². The molecule has 1 atom stereocenters. The van der Waals surface area contributed by atoms with E-state index in [1.807, 2.05) is 24.3 Å². The molecule has 3 saturated heterocycles. The van der Waals surface area contributed by atoms with Gasteiger partial charge in [0.05, 0.1) is 5.92 Å². The fourth-order valence-corrected chi connectivity index (χ4v) is 3.89. The molecule has 3 nitrogen and oxygen atoms in total. The Morgan fingerprint density at radius 3 is 2.08 bits per heavy atom. The van der Waals surface area contributed by atoms with E-state index in [-0.39, 0.29) is 17.6 Å². The molecule has 0 spiro atoms. The predicted molar refractivity (Wildman–Crippen MR) is 93.1 cm³/mol. The van der Waals surface area contributed by atoms with Crippen molar-refractivity contribution in [2.45, 2.75) is 12.8 Å². The summed E-state index contributed by atoms with van der Waals surface area (Å²) < 4.78 is 13.0. The van der Waals surface area contributed by atoms with Gasteiger partial charge in [-0.05, 0) is 67.2 Å². The summed E-state index contributed by atoms with van der Waals surface area (Å²) in [5.74, 6) is 0.553. The summed E-state index contributed by atoms with van der Waals surface area (Å²) in [7, 11) is 0. The Labute approximate surface area is 141 Å². The molecule has 3 heterocycles. The molecule has 2 aromatic carbocycles. The van der Waals surface area contributed by atoms with Crippen LogP contribution in [-0.4, -0.2) is 30.4 Å². The maximum Gasteiger partial charge on any atom is 0.229 e. The summed E-state index contributed by atoms with van der Waals surface area (Å²) in [6, 6.07) is 14.2. The van der Waals surface area contributed by atoms with E-state index in [1.54, 1.807) is 12.1 Å². The second kappa shape index (κ2) is 6.36. The Hall–Kier alpha value is -2.20. The van der Waals surface area contributed by atoms with Gasteiger partial charge in [-0.3, -0.25) is 4.79 Å². The summed E-state index contributed by atoms with van der Waals surface area (Å²) in [4.78, 5) is 15.0. The lowest BCUT2D eigenvalue weighted by molar-refractivity contribution is -0.125. The van der Waals surface area contributed by atoms with E-state index in [4.69, 9.17) is 0 Å². The van der Waals surface area contributed by atoms with E-state index in [1.165, 1.54) is 12.1 Å². The number of benzene rings is 2. The Morgan fingerprint density at radius 2 is 1.54 bits per heavy atom. The first kappa shape index (κ1) is 15.3. The van der Waals surface area contributed by atoms with Gasteiger partial charge in [-0.2, -0.15) is 0 Å². The first-order valence-corrected chi connectivity index (χ1v) is 8.58. The molecule has 0 radical (unpaired) electrons. The van der Waals surface area contributed by atoms with E-state index in [0.29, 0.717) is 5.92 Å². The average molecular weight is 324 g/mol. The van der Waals surface area contributed by atoms with E-state index in [9.17, 15) is 9.18 Å². The van der Waals surface area contributed by atoms with Crippen LogP contribution in [0.3, 0.4) is 0 Å². The molecule has 2 bridgehead atoms. The summed E-state index contributed by atoms with van der Waals surface area (Å²) in [5.41, 5.74) is 2.80. The maximum absolute atomic E-state index is 13.0. The molecule has 0 saturated carbocycles. The number of carbonyl (C=O) groups excluding carboxylic acids is 1. The number of nitrogens with zero attached hydrogens (tertiary/aromatic N) is 1. The molecule has 24 heavy (non-hydrogen) atoms. The monoisotopic (exact) mass is 324 g/mol. The van der Waals surface area contributed by atoms with Crippen LogP contribution in [0, 0.1) is 17.7 Å². The Balaban J connectivity index is 1.43. The lowest BCUT2D eigenvalue weighted by Gasteiger charge is -2.43. The maximum atomic E-state index is 13.0. The fourth-order valence-electron chi connectivity index (χ4n) is 3.89. The average Bonchev–Trinajstić information content (AvgIpc) is 2.64. The van der Waals surface area contributed by atoms with Gasteiger partial charge in [-0.25, -0.2) is 4.39 Å². The van der Waals surface area contributed by atoms with Crippen molar-refractivity contribution in [3.8, 4) is 11.1 Å². The molecule has 124 valence electrons. The highest BCUT2D eigenvalue weighted by Crippen LogP contribution is 2.33. The third kappa shape index (κ3) is 3.06. The van der Waals surface area contributed by atoms with Crippen molar-refractivity contribution >= 4 is 11.6 Å². The number of amides is 1. The van der Waals surface area contributed by atoms with E-state index in [2.05, 4.69) is 10.2 Å². The van der Waals surface area contributed by atoms with Gasteiger partial charge in [0.15, 0.2) is 0 Å². The van der Waals surface area contributed by atoms with Crippen LogP contribution in [-0.2, 0) is 4.79 Å². The van der Waals surface area contributed by atoms with Crippen LogP contribution in [0.15, 0.2) is 48.5 Å². The van der Waals surface area contributed by atoms with Gasteiger partial charge in [0, 0.05) is 12.2 Å². The molecule has 0 unspecified atom stereocenters. The lowest BCUT2D eigenvalue weighted by Crippen LogP contribution is -2.51. The van der Waals surface area contributed by atoms with Gasteiger partial charge in [-0.15, -0.1) is 0 Å². The minimum absolute atomic E-state index is 0.115. The van der Waals surface area contributed by atoms with E-state index >= 15 is 0 Å². The summed E-state index contributed by atoms with van der Waals surface area (Å²) in [6.45, 7) is 3.17. The number of halogens is 1. The third-order valence-electron chi connectivity index (χ3n) is 5.32. The summed E-state index contributed by atoms with van der Waals surface area (Å²) >= 11 is 0. The molecule has 1 amide bonds. The highest BCUT2D eigenvalue weighted by atomic mass is 19.1. The zero-order chi connectivity index (χ0) is 16.5. The van der Waals surface area contributed by atoms with Crippen molar-refractivity contribution in [1.82, 2.24) is 4.90 Å². The van der Waals surface area contributed by atoms with Gasteiger partial charge in [0.1, 0.15) is 5.82 Å². The number of nitrogens with one attached hydrogen (secondary N) is 1. The van der Waals surface area contributed by atoms with E-state index in [0.717, 1.165) is 49.3 Å². The van der Waals surface area contributed by atoms with Crippen LogP contribution in [0.2, 0.25) is 0 Å². The van der Waals surface area contributed by atoms with Crippen LogP contribution in [0.5, 0.6) is 0 Å². The Morgan fingerprint density at radius 1 is 0.958 bits per heavy atom. The normalized spacial score (nSPS) is 25.5. The van der Waals surface area contributed by atoms with Gasteiger partial charge in [-0.1, -0.05) is 24.3 Å². The minimum atomic E-state index is -0.236. The zero-order valence-electron chi connectivity index (χ0n) is 13.5. The molecular weight excluding hydrogens is 303 g/mol. The molecule has 3 aliphatic heterocycles. The largest absolute Gasteiger partial charge is 0.326 e. The number of anilines is 1. The first-order chi connectivity index (χ1) is 11.7. The minimum Gasteiger partial charge on any atom is -0.326 e. The number of rotatable bonds is 3. The quantitative estimate of drug-likeness (QED) is 0.932. The van der Waals surface area contributed by atoms with Crippen molar-refractivity contribution in [3.05, 3.63) is 54.3 Å². The highest BCUT2D eigenvalue weighted by Gasteiger charge is 2.38. The topological polar surface area (TPSA) is 32.3 Å². The molecule has 5 rings (SSSR count). The third-order valence-corrected chi connectivity index (χ3v) is 5.32. The molecule has 1 N–H and O–H groups in total. The summed E-state index contributed by atoms with van der Waals surface area (Å²) in [5, 5.41) is 3.06. The summed E-state index contributed by atoms with van der Waals surface area (Å²) in [6.07, 6.45) is 2.28. The van der Waals surface area contributed by atoms with Crippen LogP contribution in [0.1, 0.15) is 12.8 Å². The van der Waals surface area contributed by atoms with Crippen molar-refractivity contribution in [1.29, 1.82) is 0 Å². The van der Waals surface area contributed by atoms with Gasteiger partial charge in [0.25, 0.3) is 0 Å². The second-order valence-corrected chi connectivity index (χ2v) is 6.82. The Kier molecular flexibility index (Phi) is 4.07. The number of hydrogen-bond donors (Lipinski definition) is 1. The van der Waals surface area contributed by atoms with E-state index < -0.39 is 0 Å². The SMILES string of the molecule is O=C(Nc1ccc(-c2ccc(F)cc2)cc1)[C@H]1CN2CCC1CC2. The van der Waals surface area contributed by atoms with Crippen LogP contribution in [0.4, 0.5) is 10.1 Å². The van der Waals surface area contributed by atoms with Gasteiger partial charge >= 0.3 is 0 Å². The molecule has 3 fully saturated rings. The molecular formula is C20H21FN2O.